The zero-order chi connectivity index (χ0) is 17.9. The summed E-state index contributed by atoms with van der Waals surface area (Å²) in [6.45, 7) is 8.97. The van der Waals surface area contributed by atoms with E-state index < -0.39 is 18.0 Å². The molecule has 8 heteroatoms. The molecule has 130 valence electrons. The Morgan fingerprint density at radius 3 is 2.46 bits per heavy atom. The molecule has 2 aromatic rings. The molecule has 24 heavy (non-hydrogen) atoms. The molecule has 0 aliphatic carbocycles. The number of hydrogen-bond donors (Lipinski definition) is 1. The van der Waals surface area contributed by atoms with Crippen molar-refractivity contribution in [1.29, 1.82) is 0 Å². The van der Waals surface area contributed by atoms with Crippen molar-refractivity contribution in [2.75, 3.05) is 18.5 Å². The van der Waals surface area contributed by atoms with E-state index >= 15 is 0 Å². The maximum atomic E-state index is 12.2. The summed E-state index contributed by atoms with van der Waals surface area (Å²) in [6.07, 6.45) is 0. The number of nitrogens with zero attached hydrogens (tertiary/aromatic N) is 2. The van der Waals surface area contributed by atoms with Gasteiger partial charge in [-0.05, 0) is 34.6 Å². The Labute approximate surface area is 139 Å². The van der Waals surface area contributed by atoms with Crippen LogP contribution < -0.4 is 5.32 Å². The summed E-state index contributed by atoms with van der Waals surface area (Å²) in [5, 5.41) is 3.36. The summed E-state index contributed by atoms with van der Waals surface area (Å²) >= 11 is 0. The number of furan rings is 1. The number of fused-ring (bicyclic) bond motifs is 1. The summed E-state index contributed by atoms with van der Waals surface area (Å²) in [7, 11) is 0. The minimum Gasteiger partial charge on any atom is -0.464 e. The fraction of sp³-hybridized carbons (Fsp3) is 0.500. The van der Waals surface area contributed by atoms with Crippen LogP contribution in [0.3, 0.4) is 0 Å². The van der Waals surface area contributed by atoms with Crippen LogP contribution in [-0.2, 0) is 14.3 Å². The van der Waals surface area contributed by atoms with Crippen LogP contribution in [0, 0.1) is 13.8 Å². The first-order chi connectivity index (χ1) is 11.4. The standard InChI is InChI=1S/C16H21N3O5/c1-6-22-15(20)8(3)17-13-12-11(16(21)23-7-2)9(4)24-14(12)19-10(5)18-13/h8H,6-7H2,1-5H3,(H,17,18,19)/t8-/m1/s1. The van der Waals surface area contributed by atoms with E-state index in [1.54, 1.807) is 34.6 Å². The molecule has 2 rings (SSSR count). The molecule has 8 nitrogen and oxygen atoms in total. The highest BCUT2D eigenvalue weighted by Crippen LogP contribution is 2.30. The van der Waals surface area contributed by atoms with Crippen molar-refractivity contribution in [3.63, 3.8) is 0 Å². The van der Waals surface area contributed by atoms with Gasteiger partial charge in [0.25, 0.3) is 0 Å². The molecule has 0 aliphatic heterocycles. The van der Waals surface area contributed by atoms with E-state index in [1.807, 2.05) is 0 Å². The summed E-state index contributed by atoms with van der Waals surface area (Å²) in [5.74, 6) is 0.228. The van der Waals surface area contributed by atoms with Crippen molar-refractivity contribution >= 4 is 28.9 Å². The number of anilines is 1. The fourth-order valence-corrected chi connectivity index (χ4v) is 2.30. The molecule has 0 bridgehead atoms. The molecule has 2 aromatic heterocycles. The Hall–Kier alpha value is -2.64. The highest BCUT2D eigenvalue weighted by molar-refractivity contribution is 6.08. The second-order valence-electron chi connectivity index (χ2n) is 5.17. The van der Waals surface area contributed by atoms with E-state index in [0.717, 1.165) is 0 Å². The quantitative estimate of drug-likeness (QED) is 0.803. The Morgan fingerprint density at radius 2 is 1.83 bits per heavy atom. The fourth-order valence-electron chi connectivity index (χ4n) is 2.30. The van der Waals surface area contributed by atoms with Gasteiger partial charge in [0.2, 0.25) is 5.71 Å². The zero-order valence-electron chi connectivity index (χ0n) is 14.4. The van der Waals surface area contributed by atoms with Gasteiger partial charge in [0.15, 0.2) is 0 Å². The third kappa shape index (κ3) is 3.47. The first-order valence-electron chi connectivity index (χ1n) is 7.77. The monoisotopic (exact) mass is 335 g/mol. The molecule has 0 radical (unpaired) electrons. The van der Waals surface area contributed by atoms with E-state index in [2.05, 4.69) is 15.3 Å². The number of aryl methyl sites for hydroxylation is 2. The second-order valence-corrected chi connectivity index (χ2v) is 5.17. The average molecular weight is 335 g/mol. The summed E-state index contributed by atoms with van der Waals surface area (Å²) in [4.78, 5) is 32.6. The number of rotatable bonds is 6. The molecule has 1 N–H and O–H groups in total. The van der Waals surface area contributed by atoms with Crippen molar-refractivity contribution in [1.82, 2.24) is 9.97 Å². The van der Waals surface area contributed by atoms with Crippen molar-refractivity contribution < 1.29 is 23.5 Å². The number of hydrogen-bond acceptors (Lipinski definition) is 8. The summed E-state index contributed by atoms with van der Waals surface area (Å²) < 4.78 is 15.6. The van der Waals surface area contributed by atoms with E-state index in [9.17, 15) is 9.59 Å². The SMILES string of the molecule is CCOC(=O)c1c(C)oc2nc(C)nc(N[C@H](C)C(=O)OCC)c12. The number of carbonyl (C=O) groups excluding carboxylic acids is 2. The molecule has 1 atom stereocenters. The van der Waals surface area contributed by atoms with Crippen molar-refractivity contribution in [3.8, 4) is 0 Å². The van der Waals surface area contributed by atoms with Crippen LogP contribution in [-0.4, -0.2) is 41.2 Å². The van der Waals surface area contributed by atoms with Crippen LogP contribution >= 0.6 is 0 Å². The van der Waals surface area contributed by atoms with E-state index in [-0.39, 0.29) is 24.5 Å². The van der Waals surface area contributed by atoms with Crippen LogP contribution in [0.5, 0.6) is 0 Å². The molecule has 0 aliphatic rings. The lowest BCUT2D eigenvalue weighted by Gasteiger charge is -2.14. The zero-order valence-corrected chi connectivity index (χ0v) is 14.4. The largest absolute Gasteiger partial charge is 0.464 e. The normalized spacial score (nSPS) is 12.0. The van der Waals surface area contributed by atoms with Gasteiger partial charge in [-0.2, -0.15) is 4.98 Å². The lowest BCUT2D eigenvalue weighted by Crippen LogP contribution is -2.29. The molecule has 0 aromatic carbocycles. The van der Waals surface area contributed by atoms with Gasteiger partial charge in [-0.15, -0.1) is 0 Å². The van der Waals surface area contributed by atoms with E-state index in [0.29, 0.717) is 22.8 Å². The number of nitrogens with one attached hydrogen (secondary N) is 1. The van der Waals surface area contributed by atoms with Crippen LogP contribution in [0.25, 0.3) is 11.1 Å². The third-order valence-electron chi connectivity index (χ3n) is 3.31. The first-order valence-corrected chi connectivity index (χ1v) is 7.77. The smallest absolute Gasteiger partial charge is 0.342 e. The lowest BCUT2D eigenvalue weighted by atomic mass is 10.1. The van der Waals surface area contributed by atoms with Crippen LogP contribution in [0.2, 0.25) is 0 Å². The van der Waals surface area contributed by atoms with Gasteiger partial charge in [0.05, 0.1) is 18.6 Å². The molecule has 2 heterocycles. The molecular weight excluding hydrogens is 314 g/mol. The highest BCUT2D eigenvalue weighted by Gasteiger charge is 2.26. The lowest BCUT2D eigenvalue weighted by molar-refractivity contribution is -0.143. The van der Waals surface area contributed by atoms with Gasteiger partial charge in [0, 0.05) is 0 Å². The van der Waals surface area contributed by atoms with E-state index in [4.69, 9.17) is 13.9 Å². The van der Waals surface area contributed by atoms with Crippen molar-refractivity contribution in [2.45, 2.75) is 40.7 Å². The van der Waals surface area contributed by atoms with Crippen molar-refractivity contribution in [2.24, 2.45) is 0 Å². The predicted molar refractivity (Wildman–Crippen MR) is 87.0 cm³/mol. The molecular formula is C16H21N3O5. The average Bonchev–Trinajstić information content (AvgIpc) is 2.83. The molecule has 0 unspecified atom stereocenters. The third-order valence-corrected chi connectivity index (χ3v) is 3.31. The van der Waals surface area contributed by atoms with Gasteiger partial charge in [-0.3, -0.25) is 0 Å². The number of ether oxygens (including phenoxy) is 2. The van der Waals surface area contributed by atoms with E-state index in [1.165, 1.54) is 0 Å². The molecule has 0 saturated carbocycles. The van der Waals surface area contributed by atoms with Crippen molar-refractivity contribution in [3.05, 3.63) is 17.1 Å². The predicted octanol–water partition coefficient (Wildman–Crippen LogP) is 2.38. The van der Waals surface area contributed by atoms with Crippen LogP contribution in [0.1, 0.15) is 42.7 Å². The Kier molecular flexibility index (Phi) is 5.38. The Balaban J connectivity index is 2.52. The molecule has 0 fully saturated rings. The maximum Gasteiger partial charge on any atom is 0.342 e. The Morgan fingerprint density at radius 1 is 1.17 bits per heavy atom. The van der Waals surface area contributed by atoms with Gasteiger partial charge >= 0.3 is 11.9 Å². The minimum atomic E-state index is -0.646. The van der Waals surface area contributed by atoms with Gasteiger partial charge in [-0.25, -0.2) is 14.6 Å². The van der Waals surface area contributed by atoms with Gasteiger partial charge < -0.3 is 19.2 Å². The molecule has 0 saturated heterocycles. The number of aromatic nitrogens is 2. The first kappa shape index (κ1) is 17.7. The molecule has 0 amide bonds. The minimum absolute atomic E-state index is 0.236. The molecule has 0 spiro atoms. The van der Waals surface area contributed by atoms with Crippen LogP contribution in [0.4, 0.5) is 5.82 Å². The highest BCUT2D eigenvalue weighted by atomic mass is 16.5. The second kappa shape index (κ2) is 7.29. The van der Waals surface area contributed by atoms with Crippen LogP contribution in [0.15, 0.2) is 4.42 Å². The maximum absolute atomic E-state index is 12.2. The van der Waals surface area contributed by atoms with Gasteiger partial charge in [0.1, 0.15) is 29.0 Å². The Bertz CT molecular complexity index is 769. The van der Waals surface area contributed by atoms with Gasteiger partial charge in [-0.1, -0.05) is 0 Å². The summed E-state index contributed by atoms with van der Waals surface area (Å²) in [6, 6.07) is -0.646. The topological polar surface area (TPSA) is 104 Å². The number of carbonyl (C=O) groups is 2. The number of esters is 2. The summed E-state index contributed by atoms with van der Waals surface area (Å²) in [5.41, 5.74) is 0.520.